The first-order valence-corrected chi connectivity index (χ1v) is 11.0. The van der Waals surface area contributed by atoms with Crippen molar-refractivity contribution in [2.24, 2.45) is 5.73 Å². The highest BCUT2D eigenvalue weighted by atomic mass is 19.4. The molecular weight excluding hydrogens is 474 g/mol. The molecule has 3 N–H and O–H groups in total. The van der Waals surface area contributed by atoms with Crippen LogP contribution in [-0.4, -0.2) is 26.3 Å². The van der Waals surface area contributed by atoms with Crippen LogP contribution in [0.1, 0.15) is 35.0 Å². The number of fused-ring (bicyclic) bond motifs is 3. The maximum Gasteiger partial charge on any atom is 0.435 e. The predicted molar refractivity (Wildman–Crippen MR) is 125 cm³/mol. The van der Waals surface area contributed by atoms with Gasteiger partial charge in [0, 0.05) is 72.2 Å². The van der Waals surface area contributed by atoms with Gasteiger partial charge in [-0.05, 0) is 36.2 Å². The van der Waals surface area contributed by atoms with Crippen molar-refractivity contribution >= 4 is 5.69 Å². The zero-order valence-corrected chi connectivity index (χ0v) is 19.0. The van der Waals surface area contributed by atoms with Crippen molar-refractivity contribution in [3.05, 3.63) is 76.9 Å². The van der Waals surface area contributed by atoms with E-state index in [1.54, 1.807) is 6.07 Å². The fourth-order valence-electron chi connectivity index (χ4n) is 4.53. The summed E-state index contributed by atoms with van der Waals surface area (Å²) in [6.07, 6.45) is 1.23. The first-order valence-electron chi connectivity index (χ1n) is 11.0. The molecule has 5 rings (SSSR count). The average molecular weight is 493 g/mol. The summed E-state index contributed by atoms with van der Waals surface area (Å²) in [5.74, 6) is -0.499. The Labute approximate surface area is 203 Å². The van der Waals surface area contributed by atoms with Crippen LogP contribution < -0.4 is 11.1 Å². The van der Waals surface area contributed by atoms with Crippen LogP contribution in [0.25, 0.3) is 27.9 Å². The molecule has 0 spiro atoms. The number of pyridine rings is 2. The number of hydrogen-bond acceptors (Lipinski definition) is 6. The number of halogens is 4. The van der Waals surface area contributed by atoms with E-state index >= 15 is 0 Å². The Balaban J connectivity index is 1.86. The van der Waals surface area contributed by atoms with Crippen LogP contribution in [-0.2, 0) is 19.1 Å². The molecule has 1 aliphatic rings. The summed E-state index contributed by atoms with van der Waals surface area (Å²) in [5.41, 5.74) is 8.61. The molecule has 0 bridgehead atoms. The van der Waals surface area contributed by atoms with Crippen LogP contribution in [0.2, 0.25) is 0 Å². The standard InChI is InChI=1S/C25H19F4N7/c1-2-33-20-5-16(26)4-18-17(20)6-21-22(18)23(36-12-15(8-31)24(35-36)25(27,28)29)19(11-34-21)14-3-13(7-30)9-32-10-14/h3-5,9-12,33H,2,6,8,31H2,1H3. The maximum atomic E-state index is 14.7. The summed E-state index contributed by atoms with van der Waals surface area (Å²) < 4.78 is 57.0. The zero-order chi connectivity index (χ0) is 25.6. The molecule has 1 aliphatic carbocycles. The molecule has 11 heteroatoms. The lowest BCUT2D eigenvalue weighted by molar-refractivity contribution is -0.141. The summed E-state index contributed by atoms with van der Waals surface area (Å²) in [4.78, 5) is 8.66. The van der Waals surface area contributed by atoms with Gasteiger partial charge in [0.2, 0.25) is 0 Å². The van der Waals surface area contributed by atoms with Gasteiger partial charge in [-0.15, -0.1) is 0 Å². The summed E-state index contributed by atoms with van der Waals surface area (Å²) in [6.45, 7) is 2.06. The first kappa shape index (κ1) is 23.4. The molecule has 0 atom stereocenters. The number of benzene rings is 1. The van der Waals surface area contributed by atoms with E-state index in [-0.39, 0.29) is 23.4 Å². The van der Waals surface area contributed by atoms with E-state index in [9.17, 15) is 22.8 Å². The topological polar surface area (TPSA) is 105 Å². The quantitative estimate of drug-likeness (QED) is 0.340. The largest absolute Gasteiger partial charge is 0.435 e. The van der Waals surface area contributed by atoms with Crippen molar-refractivity contribution in [1.29, 1.82) is 5.26 Å². The molecule has 0 saturated carbocycles. The molecule has 36 heavy (non-hydrogen) atoms. The SMILES string of the molecule is CCNc1cc(F)cc2c1Cc1ncc(-c3cncc(C#N)c3)c(-n3cc(CN)c(C(F)(F)F)n3)c1-2. The highest BCUT2D eigenvalue weighted by Gasteiger charge is 2.38. The van der Waals surface area contributed by atoms with Crippen LogP contribution in [0.5, 0.6) is 0 Å². The van der Waals surface area contributed by atoms with Crippen molar-refractivity contribution in [3.8, 4) is 34.0 Å². The Morgan fingerprint density at radius 2 is 1.97 bits per heavy atom. The van der Waals surface area contributed by atoms with Gasteiger partial charge in [0.05, 0.1) is 16.9 Å². The highest BCUT2D eigenvalue weighted by Crippen LogP contribution is 2.46. The lowest BCUT2D eigenvalue weighted by atomic mass is 9.98. The van der Waals surface area contributed by atoms with Crippen molar-refractivity contribution in [2.45, 2.75) is 26.1 Å². The zero-order valence-electron chi connectivity index (χ0n) is 19.0. The van der Waals surface area contributed by atoms with Crippen LogP contribution in [0.15, 0.2) is 43.0 Å². The Morgan fingerprint density at radius 1 is 1.17 bits per heavy atom. The minimum atomic E-state index is -4.72. The number of alkyl halides is 3. The predicted octanol–water partition coefficient (Wildman–Crippen LogP) is 4.82. The number of hydrogen-bond donors (Lipinski definition) is 2. The number of aromatic nitrogens is 4. The van der Waals surface area contributed by atoms with Crippen LogP contribution in [0.3, 0.4) is 0 Å². The van der Waals surface area contributed by atoms with Gasteiger partial charge in [-0.25, -0.2) is 9.07 Å². The Morgan fingerprint density at radius 3 is 2.64 bits per heavy atom. The Hall–Kier alpha value is -4.30. The van der Waals surface area contributed by atoms with Gasteiger partial charge in [0.1, 0.15) is 11.9 Å². The van der Waals surface area contributed by atoms with Gasteiger partial charge in [-0.3, -0.25) is 9.97 Å². The molecule has 0 amide bonds. The summed E-state index contributed by atoms with van der Waals surface area (Å²) >= 11 is 0. The molecule has 7 nitrogen and oxygen atoms in total. The minimum absolute atomic E-state index is 0.186. The van der Waals surface area contributed by atoms with Crippen LogP contribution >= 0.6 is 0 Å². The van der Waals surface area contributed by atoms with Gasteiger partial charge >= 0.3 is 6.18 Å². The number of nitrogens with two attached hydrogens (primary N) is 1. The second-order valence-corrected chi connectivity index (χ2v) is 8.25. The minimum Gasteiger partial charge on any atom is -0.385 e. The summed E-state index contributed by atoms with van der Waals surface area (Å²) in [5, 5.41) is 16.4. The number of nitrogens with one attached hydrogen (secondary N) is 1. The third kappa shape index (κ3) is 3.85. The van der Waals surface area contributed by atoms with Gasteiger partial charge in [-0.1, -0.05) is 0 Å². The molecule has 0 saturated heterocycles. The molecule has 0 aliphatic heterocycles. The molecule has 182 valence electrons. The smallest absolute Gasteiger partial charge is 0.385 e. The van der Waals surface area contributed by atoms with Crippen LogP contribution in [0, 0.1) is 17.1 Å². The number of nitrogens with zero attached hydrogens (tertiary/aromatic N) is 5. The molecule has 0 fully saturated rings. The molecule has 1 aromatic carbocycles. The Bertz CT molecular complexity index is 1530. The first-order chi connectivity index (χ1) is 17.2. The third-order valence-electron chi connectivity index (χ3n) is 6.01. The molecular formula is C25H19F4N7. The maximum absolute atomic E-state index is 14.7. The van der Waals surface area contributed by atoms with E-state index in [0.717, 1.165) is 10.2 Å². The molecule has 0 unspecified atom stereocenters. The molecule has 3 heterocycles. The van der Waals surface area contributed by atoms with E-state index in [1.807, 2.05) is 13.0 Å². The molecule has 0 radical (unpaired) electrons. The summed E-state index contributed by atoms with van der Waals surface area (Å²) in [6, 6.07) is 6.30. The highest BCUT2D eigenvalue weighted by molar-refractivity contribution is 5.92. The summed E-state index contributed by atoms with van der Waals surface area (Å²) in [7, 11) is 0. The molecule has 3 aromatic heterocycles. The number of nitriles is 1. The fraction of sp³-hybridized carbons (Fsp3) is 0.200. The lowest BCUT2D eigenvalue weighted by Gasteiger charge is -2.16. The fourth-order valence-corrected chi connectivity index (χ4v) is 4.53. The van der Waals surface area contributed by atoms with Gasteiger partial charge in [-0.2, -0.15) is 23.5 Å². The monoisotopic (exact) mass is 493 g/mol. The average Bonchev–Trinajstić information content (AvgIpc) is 3.46. The third-order valence-corrected chi connectivity index (χ3v) is 6.01. The van der Waals surface area contributed by atoms with Crippen molar-refractivity contribution in [1.82, 2.24) is 19.7 Å². The van der Waals surface area contributed by atoms with E-state index < -0.39 is 17.7 Å². The second-order valence-electron chi connectivity index (χ2n) is 8.25. The van der Waals surface area contributed by atoms with Crippen molar-refractivity contribution in [2.75, 3.05) is 11.9 Å². The van der Waals surface area contributed by atoms with Crippen molar-refractivity contribution in [3.63, 3.8) is 0 Å². The van der Waals surface area contributed by atoms with E-state index in [2.05, 4.69) is 20.4 Å². The Kier molecular flexibility index (Phi) is 5.68. The van der Waals surface area contributed by atoms with Gasteiger partial charge < -0.3 is 11.1 Å². The van der Waals surface area contributed by atoms with E-state index in [0.29, 0.717) is 46.6 Å². The number of anilines is 1. The lowest BCUT2D eigenvalue weighted by Crippen LogP contribution is -2.12. The van der Waals surface area contributed by atoms with E-state index in [4.69, 9.17) is 5.73 Å². The van der Waals surface area contributed by atoms with Crippen molar-refractivity contribution < 1.29 is 17.6 Å². The molecule has 4 aromatic rings. The normalized spacial score (nSPS) is 12.2. The van der Waals surface area contributed by atoms with Gasteiger partial charge in [0.25, 0.3) is 0 Å². The second kappa shape index (κ2) is 8.73. The van der Waals surface area contributed by atoms with Gasteiger partial charge in [0.15, 0.2) is 5.69 Å². The number of rotatable bonds is 5. The van der Waals surface area contributed by atoms with E-state index in [1.165, 1.54) is 36.9 Å². The van der Waals surface area contributed by atoms with Crippen LogP contribution in [0.4, 0.5) is 23.2 Å².